The molecule has 1 rings (SSSR count). The van der Waals surface area contributed by atoms with Gasteiger partial charge in [0.2, 0.25) is 0 Å². The van der Waals surface area contributed by atoms with Crippen molar-refractivity contribution in [1.29, 1.82) is 0 Å². The number of halogens is 3. The summed E-state index contributed by atoms with van der Waals surface area (Å²) in [5.41, 5.74) is 0.617. The first-order chi connectivity index (χ1) is 11.2. The minimum atomic E-state index is -0.730. The van der Waals surface area contributed by atoms with Crippen molar-refractivity contribution < 1.29 is 5.11 Å². The van der Waals surface area contributed by atoms with Crippen LogP contribution in [0.25, 0.3) is 0 Å². The standard InChI is InChI=1S/C17H28Cl2N4O.HI/c1-6-20-16(22-11-17(2,3)23(4)5)21-10-15(24)12-7-13(18)9-14(19)8-12;/h7-9,15,24H,6,10-11H2,1-5H3,(H2,20,21,22);1H. The van der Waals surface area contributed by atoms with Gasteiger partial charge in [0.05, 0.1) is 12.6 Å². The Bertz CT molecular complexity index is 547. The fourth-order valence-corrected chi connectivity index (χ4v) is 2.38. The molecule has 0 saturated heterocycles. The molecule has 1 aromatic carbocycles. The lowest BCUT2D eigenvalue weighted by atomic mass is 10.1. The molecule has 8 heteroatoms. The average molecular weight is 503 g/mol. The van der Waals surface area contributed by atoms with Crippen LogP contribution >= 0.6 is 47.2 Å². The first kappa shape index (κ1) is 24.7. The van der Waals surface area contributed by atoms with E-state index in [0.29, 0.717) is 34.7 Å². The Morgan fingerprint density at radius 1 is 1.20 bits per heavy atom. The highest BCUT2D eigenvalue weighted by molar-refractivity contribution is 14.0. The highest BCUT2D eigenvalue weighted by Crippen LogP contribution is 2.23. The summed E-state index contributed by atoms with van der Waals surface area (Å²) >= 11 is 12.0. The molecule has 0 bridgehead atoms. The predicted octanol–water partition coefficient (Wildman–Crippen LogP) is 3.54. The summed E-state index contributed by atoms with van der Waals surface area (Å²) in [6, 6.07) is 5.06. The van der Waals surface area contributed by atoms with Crippen molar-refractivity contribution in [3.05, 3.63) is 33.8 Å². The Labute approximate surface area is 178 Å². The van der Waals surface area contributed by atoms with Gasteiger partial charge in [-0.05, 0) is 58.6 Å². The third-order valence-electron chi connectivity index (χ3n) is 3.91. The van der Waals surface area contributed by atoms with Crippen LogP contribution in [-0.2, 0) is 0 Å². The Hall–Kier alpha value is -0.280. The summed E-state index contributed by atoms with van der Waals surface area (Å²) in [4.78, 5) is 6.72. The van der Waals surface area contributed by atoms with Gasteiger partial charge in [-0.15, -0.1) is 24.0 Å². The predicted molar refractivity (Wildman–Crippen MR) is 119 cm³/mol. The van der Waals surface area contributed by atoms with Crippen molar-refractivity contribution in [3.63, 3.8) is 0 Å². The molecule has 0 aliphatic heterocycles. The van der Waals surface area contributed by atoms with Gasteiger partial charge in [0.1, 0.15) is 0 Å². The highest BCUT2D eigenvalue weighted by atomic mass is 127. The number of guanidine groups is 1. The minimum Gasteiger partial charge on any atom is -0.387 e. The Morgan fingerprint density at radius 3 is 2.24 bits per heavy atom. The van der Waals surface area contributed by atoms with Crippen LogP contribution < -0.4 is 10.6 Å². The van der Waals surface area contributed by atoms with Crippen LogP contribution in [0.3, 0.4) is 0 Å². The maximum Gasteiger partial charge on any atom is 0.191 e. The molecular weight excluding hydrogens is 474 g/mol. The van der Waals surface area contributed by atoms with Crippen LogP contribution in [-0.4, -0.2) is 55.2 Å². The summed E-state index contributed by atoms with van der Waals surface area (Å²) in [7, 11) is 4.06. The molecule has 3 N–H and O–H groups in total. The number of hydrogen-bond donors (Lipinski definition) is 3. The van der Waals surface area contributed by atoms with Gasteiger partial charge in [-0.1, -0.05) is 23.2 Å². The fourth-order valence-electron chi connectivity index (χ4n) is 1.83. The summed E-state index contributed by atoms with van der Waals surface area (Å²) in [6.45, 7) is 7.94. The quantitative estimate of drug-likeness (QED) is 0.303. The molecule has 1 aromatic rings. The van der Waals surface area contributed by atoms with E-state index >= 15 is 0 Å². The second-order valence-electron chi connectivity index (χ2n) is 6.50. The zero-order valence-corrected chi connectivity index (χ0v) is 19.3. The number of benzene rings is 1. The molecule has 0 heterocycles. The van der Waals surface area contributed by atoms with E-state index < -0.39 is 6.10 Å². The Kier molecular flexibility index (Phi) is 11.3. The maximum absolute atomic E-state index is 10.3. The molecule has 0 aromatic heterocycles. The molecule has 0 aliphatic rings. The van der Waals surface area contributed by atoms with Crippen LogP contribution in [0.1, 0.15) is 32.4 Å². The number of aliphatic imine (C=N–C) groups is 1. The average Bonchev–Trinajstić information content (AvgIpc) is 2.48. The van der Waals surface area contributed by atoms with Crippen molar-refractivity contribution in [3.8, 4) is 0 Å². The zero-order chi connectivity index (χ0) is 18.3. The first-order valence-electron chi connectivity index (χ1n) is 7.99. The molecule has 0 radical (unpaired) electrons. The Balaban J connectivity index is 0.00000576. The van der Waals surface area contributed by atoms with Gasteiger partial charge < -0.3 is 20.6 Å². The van der Waals surface area contributed by atoms with E-state index in [-0.39, 0.29) is 29.5 Å². The van der Waals surface area contributed by atoms with Crippen LogP contribution in [0.2, 0.25) is 10.0 Å². The first-order valence-corrected chi connectivity index (χ1v) is 8.75. The molecule has 5 nitrogen and oxygen atoms in total. The monoisotopic (exact) mass is 502 g/mol. The van der Waals surface area contributed by atoms with E-state index in [4.69, 9.17) is 23.2 Å². The van der Waals surface area contributed by atoms with Crippen molar-refractivity contribution in [1.82, 2.24) is 15.5 Å². The summed E-state index contributed by atoms with van der Waals surface area (Å²) in [5, 5.41) is 17.7. The largest absolute Gasteiger partial charge is 0.387 e. The van der Waals surface area contributed by atoms with E-state index in [9.17, 15) is 5.11 Å². The number of aliphatic hydroxyl groups excluding tert-OH is 1. The minimum absolute atomic E-state index is 0. The smallest absolute Gasteiger partial charge is 0.191 e. The van der Waals surface area contributed by atoms with Gasteiger partial charge in [0.25, 0.3) is 0 Å². The van der Waals surface area contributed by atoms with E-state index in [1.165, 1.54) is 0 Å². The number of hydrogen-bond acceptors (Lipinski definition) is 3. The maximum atomic E-state index is 10.3. The zero-order valence-electron chi connectivity index (χ0n) is 15.4. The highest BCUT2D eigenvalue weighted by Gasteiger charge is 2.20. The van der Waals surface area contributed by atoms with Gasteiger partial charge in [-0.3, -0.25) is 4.99 Å². The number of likely N-dealkylation sites (N-methyl/N-ethyl adjacent to an activating group) is 1. The number of rotatable bonds is 7. The molecule has 0 saturated carbocycles. The molecule has 0 amide bonds. The number of nitrogens with zero attached hydrogens (tertiary/aromatic N) is 2. The lowest BCUT2D eigenvalue weighted by Crippen LogP contribution is -2.44. The SMILES string of the molecule is CCNC(=NCC(C)(C)N(C)C)NCC(O)c1cc(Cl)cc(Cl)c1.I. The van der Waals surface area contributed by atoms with Gasteiger partial charge in [-0.25, -0.2) is 0 Å². The molecule has 25 heavy (non-hydrogen) atoms. The summed E-state index contributed by atoms with van der Waals surface area (Å²) < 4.78 is 0. The third-order valence-corrected chi connectivity index (χ3v) is 4.35. The molecule has 1 unspecified atom stereocenters. The van der Waals surface area contributed by atoms with Crippen molar-refractivity contribution in [2.45, 2.75) is 32.4 Å². The second kappa shape index (κ2) is 11.4. The lowest BCUT2D eigenvalue weighted by molar-refractivity contribution is 0.180. The van der Waals surface area contributed by atoms with Crippen molar-refractivity contribution in [2.75, 3.05) is 33.7 Å². The lowest BCUT2D eigenvalue weighted by Gasteiger charge is -2.31. The van der Waals surface area contributed by atoms with Crippen LogP contribution in [0.4, 0.5) is 0 Å². The normalized spacial score (nSPS) is 13.4. The van der Waals surface area contributed by atoms with E-state index in [1.807, 2.05) is 21.0 Å². The fraction of sp³-hybridized carbons (Fsp3) is 0.588. The van der Waals surface area contributed by atoms with Crippen molar-refractivity contribution in [2.24, 2.45) is 4.99 Å². The molecule has 1 atom stereocenters. The molecule has 0 spiro atoms. The molecular formula is C17H29Cl2IN4O. The van der Waals surface area contributed by atoms with Crippen LogP contribution in [0, 0.1) is 0 Å². The number of nitrogens with one attached hydrogen (secondary N) is 2. The van der Waals surface area contributed by atoms with E-state index in [0.717, 1.165) is 6.54 Å². The second-order valence-corrected chi connectivity index (χ2v) is 7.37. The topological polar surface area (TPSA) is 59.9 Å². The molecule has 0 fully saturated rings. The van der Waals surface area contributed by atoms with Gasteiger partial charge in [-0.2, -0.15) is 0 Å². The van der Waals surface area contributed by atoms with E-state index in [1.54, 1.807) is 18.2 Å². The van der Waals surface area contributed by atoms with Crippen molar-refractivity contribution >= 4 is 53.1 Å². The van der Waals surface area contributed by atoms with Gasteiger partial charge >= 0.3 is 0 Å². The Morgan fingerprint density at radius 2 is 1.76 bits per heavy atom. The van der Waals surface area contributed by atoms with Crippen LogP contribution in [0.5, 0.6) is 0 Å². The summed E-state index contributed by atoms with van der Waals surface area (Å²) in [5.74, 6) is 0.666. The molecule has 0 aliphatic carbocycles. The van der Waals surface area contributed by atoms with Gasteiger partial charge in [0, 0.05) is 28.7 Å². The van der Waals surface area contributed by atoms with Gasteiger partial charge in [0.15, 0.2) is 5.96 Å². The number of aliphatic hydroxyl groups is 1. The molecule has 144 valence electrons. The summed E-state index contributed by atoms with van der Waals surface area (Å²) in [6.07, 6.45) is -0.730. The van der Waals surface area contributed by atoms with Crippen LogP contribution in [0.15, 0.2) is 23.2 Å². The van der Waals surface area contributed by atoms with E-state index in [2.05, 4.69) is 34.4 Å². The third kappa shape index (κ3) is 8.77.